The molecule has 17 heavy (non-hydrogen) atoms. The Morgan fingerprint density at radius 1 is 1.18 bits per heavy atom. The third-order valence-electron chi connectivity index (χ3n) is 2.56. The smallest absolute Gasteiger partial charge is 0.119 e. The van der Waals surface area contributed by atoms with E-state index in [1.54, 1.807) is 7.11 Å². The van der Waals surface area contributed by atoms with E-state index >= 15 is 0 Å². The van der Waals surface area contributed by atoms with Crippen molar-refractivity contribution >= 4 is 0 Å². The van der Waals surface area contributed by atoms with Crippen LogP contribution in [0, 0.1) is 0 Å². The Morgan fingerprint density at radius 3 is 2.82 bits per heavy atom. The molecule has 0 spiro atoms. The number of methoxy groups -OCH3 is 1. The second kappa shape index (κ2) is 9.02. The van der Waals surface area contributed by atoms with Crippen molar-refractivity contribution in [3.8, 4) is 5.75 Å². The van der Waals surface area contributed by atoms with Crippen molar-refractivity contribution in [2.45, 2.75) is 19.8 Å². The summed E-state index contributed by atoms with van der Waals surface area (Å²) in [5.41, 5.74) is 1.32. The molecule has 1 rings (SSSR count). The van der Waals surface area contributed by atoms with Crippen LogP contribution in [0.4, 0.5) is 0 Å². The van der Waals surface area contributed by atoms with Crippen LogP contribution in [0.25, 0.3) is 0 Å². The van der Waals surface area contributed by atoms with Gasteiger partial charge in [0.05, 0.1) is 13.2 Å². The number of nitrogens with one attached hydrogen (secondary N) is 1. The lowest BCUT2D eigenvalue weighted by molar-refractivity contribution is 0.198. The molecule has 0 atom stereocenters. The molecule has 1 aromatic rings. The highest BCUT2D eigenvalue weighted by Gasteiger charge is 1.95. The minimum Gasteiger partial charge on any atom is -0.494 e. The Labute approximate surface area is 104 Å². The van der Waals surface area contributed by atoms with Gasteiger partial charge in [-0.25, -0.2) is 0 Å². The maximum atomic E-state index is 5.68. The summed E-state index contributed by atoms with van der Waals surface area (Å²) in [6.45, 7) is 5.55. The van der Waals surface area contributed by atoms with Gasteiger partial charge in [0.1, 0.15) is 5.75 Å². The number of ether oxygens (including phenoxy) is 2. The SMILES string of the molecule is CCc1cccc(OCCCNCCOC)c1. The maximum Gasteiger partial charge on any atom is 0.119 e. The van der Waals surface area contributed by atoms with Crippen molar-refractivity contribution in [1.29, 1.82) is 0 Å². The maximum absolute atomic E-state index is 5.68. The number of rotatable bonds is 9. The normalized spacial score (nSPS) is 10.5. The molecule has 3 nitrogen and oxygen atoms in total. The Morgan fingerprint density at radius 2 is 2.06 bits per heavy atom. The quantitative estimate of drug-likeness (QED) is 0.668. The highest BCUT2D eigenvalue weighted by atomic mass is 16.5. The minimum absolute atomic E-state index is 0.757. The second-order valence-electron chi connectivity index (χ2n) is 3.95. The van der Waals surface area contributed by atoms with Crippen molar-refractivity contribution in [2.75, 3.05) is 33.4 Å². The molecule has 0 aromatic heterocycles. The van der Waals surface area contributed by atoms with Gasteiger partial charge in [0.2, 0.25) is 0 Å². The third-order valence-corrected chi connectivity index (χ3v) is 2.56. The second-order valence-corrected chi connectivity index (χ2v) is 3.95. The first-order chi connectivity index (χ1) is 8.36. The van der Waals surface area contributed by atoms with E-state index < -0.39 is 0 Å². The molecule has 3 heteroatoms. The fourth-order valence-corrected chi connectivity index (χ4v) is 1.54. The zero-order valence-electron chi connectivity index (χ0n) is 10.9. The van der Waals surface area contributed by atoms with Crippen molar-refractivity contribution in [3.05, 3.63) is 29.8 Å². The molecular formula is C14H23NO2. The zero-order chi connectivity index (χ0) is 12.3. The molecule has 0 aliphatic rings. The molecule has 1 aromatic carbocycles. The van der Waals surface area contributed by atoms with Gasteiger partial charge in [0, 0.05) is 13.7 Å². The summed E-state index contributed by atoms with van der Waals surface area (Å²) in [5.74, 6) is 0.973. The van der Waals surface area contributed by atoms with E-state index in [4.69, 9.17) is 9.47 Å². The van der Waals surface area contributed by atoms with Crippen LogP contribution in [0.3, 0.4) is 0 Å². The van der Waals surface area contributed by atoms with Gasteiger partial charge in [0.25, 0.3) is 0 Å². The Bertz CT molecular complexity index is 302. The van der Waals surface area contributed by atoms with Crippen molar-refractivity contribution in [2.24, 2.45) is 0 Å². The van der Waals surface area contributed by atoms with E-state index in [1.165, 1.54) is 5.56 Å². The minimum atomic E-state index is 0.757. The summed E-state index contributed by atoms with van der Waals surface area (Å²) in [4.78, 5) is 0. The first-order valence-corrected chi connectivity index (χ1v) is 6.28. The number of aryl methyl sites for hydroxylation is 1. The van der Waals surface area contributed by atoms with Gasteiger partial charge in [-0.15, -0.1) is 0 Å². The molecule has 0 aliphatic carbocycles. The van der Waals surface area contributed by atoms with Crippen molar-refractivity contribution in [1.82, 2.24) is 5.32 Å². The van der Waals surface area contributed by atoms with E-state index in [-0.39, 0.29) is 0 Å². The van der Waals surface area contributed by atoms with Gasteiger partial charge in [-0.05, 0) is 37.1 Å². The first-order valence-electron chi connectivity index (χ1n) is 6.28. The van der Waals surface area contributed by atoms with Crippen LogP contribution in [-0.4, -0.2) is 33.4 Å². The molecule has 0 radical (unpaired) electrons. The molecule has 0 aliphatic heterocycles. The average Bonchev–Trinajstić information content (AvgIpc) is 2.38. The summed E-state index contributed by atoms with van der Waals surface area (Å²) >= 11 is 0. The number of hydrogen-bond donors (Lipinski definition) is 1. The Kier molecular flexibility index (Phi) is 7.43. The average molecular weight is 237 g/mol. The Balaban J connectivity index is 2.09. The highest BCUT2D eigenvalue weighted by molar-refractivity contribution is 5.28. The number of hydrogen-bond acceptors (Lipinski definition) is 3. The van der Waals surface area contributed by atoms with Gasteiger partial charge in [-0.2, -0.15) is 0 Å². The standard InChI is InChI=1S/C14H23NO2/c1-3-13-6-4-7-14(12-13)17-10-5-8-15-9-11-16-2/h4,6-7,12,15H,3,5,8-11H2,1-2H3. The first kappa shape index (κ1) is 14.0. The summed E-state index contributed by atoms with van der Waals surface area (Å²) in [7, 11) is 1.71. The summed E-state index contributed by atoms with van der Waals surface area (Å²) in [5, 5.41) is 3.29. The lowest BCUT2D eigenvalue weighted by atomic mass is 10.2. The molecule has 0 fully saturated rings. The molecule has 1 N–H and O–H groups in total. The van der Waals surface area contributed by atoms with E-state index in [0.29, 0.717) is 0 Å². The summed E-state index contributed by atoms with van der Waals surface area (Å²) < 4.78 is 10.6. The van der Waals surface area contributed by atoms with E-state index in [0.717, 1.165) is 44.9 Å². The molecule has 0 amide bonds. The van der Waals surface area contributed by atoms with Crippen molar-refractivity contribution in [3.63, 3.8) is 0 Å². The van der Waals surface area contributed by atoms with Crippen LogP contribution in [-0.2, 0) is 11.2 Å². The summed E-state index contributed by atoms with van der Waals surface area (Å²) in [6.07, 6.45) is 2.07. The van der Waals surface area contributed by atoms with Crippen LogP contribution < -0.4 is 10.1 Å². The van der Waals surface area contributed by atoms with Crippen LogP contribution in [0.5, 0.6) is 5.75 Å². The van der Waals surface area contributed by atoms with E-state index in [2.05, 4.69) is 24.4 Å². The fourth-order valence-electron chi connectivity index (χ4n) is 1.54. The van der Waals surface area contributed by atoms with E-state index in [1.807, 2.05) is 12.1 Å². The third kappa shape index (κ3) is 6.29. The summed E-state index contributed by atoms with van der Waals surface area (Å²) in [6, 6.07) is 8.29. The predicted octanol–water partition coefficient (Wildman–Crippen LogP) is 2.25. The van der Waals surface area contributed by atoms with Crippen molar-refractivity contribution < 1.29 is 9.47 Å². The molecule has 0 saturated carbocycles. The predicted molar refractivity (Wildman–Crippen MR) is 70.7 cm³/mol. The van der Waals surface area contributed by atoms with Gasteiger partial charge >= 0.3 is 0 Å². The largest absolute Gasteiger partial charge is 0.494 e. The monoisotopic (exact) mass is 237 g/mol. The van der Waals surface area contributed by atoms with Gasteiger partial charge in [-0.1, -0.05) is 19.1 Å². The lowest BCUT2D eigenvalue weighted by Gasteiger charge is -2.08. The van der Waals surface area contributed by atoms with Gasteiger partial charge in [0.15, 0.2) is 0 Å². The molecule has 0 unspecified atom stereocenters. The van der Waals surface area contributed by atoms with Crippen LogP contribution in [0.2, 0.25) is 0 Å². The molecular weight excluding hydrogens is 214 g/mol. The number of benzene rings is 1. The lowest BCUT2D eigenvalue weighted by Crippen LogP contribution is -2.21. The Hall–Kier alpha value is -1.06. The zero-order valence-corrected chi connectivity index (χ0v) is 10.9. The molecule has 0 heterocycles. The molecule has 0 saturated heterocycles. The fraction of sp³-hybridized carbons (Fsp3) is 0.571. The van der Waals surface area contributed by atoms with Crippen LogP contribution in [0.15, 0.2) is 24.3 Å². The van der Waals surface area contributed by atoms with Gasteiger partial charge in [-0.3, -0.25) is 0 Å². The van der Waals surface area contributed by atoms with E-state index in [9.17, 15) is 0 Å². The van der Waals surface area contributed by atoms with Crippen LogP contribution >= 0.6 is 0 Å². The highest BCUT2D eigenvalue weighted by Crippen LogP contribution is 2.13. The van der Waals surface area contributed by atoms with Crippen LogP contribution in [0.1, 0.15) is 18.9 Å². The van der Waals surface area contributed by atoms with Gasteiger partial charge < -0.3 is 14.8 Å². The molecule has 96 valence electrons. The topological polar surface area (TPSA) is 30.5 Å². The molecule has 0 bridgehead atoms.